The molecule has 0 bridgehead atoms. The third-order valence-corrected chi connectivity index (χ3v) is 4.36. The zero-order valence-electron chi connectivity index (χ0n) is 12.7. The monoisotopic (exact) mass is 330 g/mol. The van der Waals surface area contributed by atoms with Crippen LogP contribution in [-0.4, -0.2) is 21.4 Å². The van der Waals surface area contributed by atoms with Gasteiger partial charge < -0.3 is 14.4 Å². The fourth-order valence-corrected chi connectivity index (χ4v) is 3.01. The Morgan fingerprint density at radius 2 is 2.13 bits per heavy atom. The van der Waals surface area contributed by atoms with Crippen LogP contribution in [0.25, 0.3) is 0 Å². The van der Waals surface area contributed by atoms with E-state index >= 15 is 0 Å². The maximum atomic E-state index is 12.4. The molecule has 23 heavy (non-hydrogen) atoms. The smallest absolute Gasteiger partial charge is 0.269 e. The SMILES string of the molecule is CC1(C)Oc2ccc(C#N)cc2C(n2cccc(Cl)c2=O)C1O. The molecule has 1 aromatic heterocycles. The van der Waals surface area contributed by atoms with E-state index in [1.807, 2.05) is 0 Å². The molecule has 0 saturated carbocycles. The van der Waals surface area contributed by atoms with Gasteiger partial charge in [0.05, 0.1) is 17.7 Å². The molecular formula is C17H15ClN2O3. The van der Waals surface area contributed by atoms with Crippen molar-refractivity contribution < 1.29 is 9.84 Å². The van der Waals surface area contributed by atoms with Crippen LogP contribution < -0.4 is 10.3 Å². The van der Waals surface area contributed by atoms with Gasteiger partial charge in [0.2, 0.25) is 0 Å². The molecule has 0 radical (unpaired) electrons. The largest absolute Gasteiger partial charge is 0.485 e. The highest BCUT2D eigenvalue weighted by Crippen LogP contribution is 2.41. The van der Waals surface area contributed by atoms with Gasteiger partial charge in [0.15, 0.2) is 0 Å². The van der Waals surface area contributed by atoms with Crippen molar-refractivity contribution in [2.45, 2.75) is 31.6 Å². The summed E-state index contributed by atoms with van der Waals surface area (Å²) in [5.74, 6) is 0.538. The minimum Gasteiger partial charge on any atom is -0.485 e. The number of aliphatic hydroxyl groups is 1. The van der Waals surface area contributed by atoms with Gasteiger partial charge in [-0.2, -0.15) is 5.26 Å². The fraction of sp³-hybridized carbons (Fsp3) is 0.294. The second-order valence-electron chi connectivity index (χ2n) is 6.03. The van der Waals surface area contributed by atoms with Crippen LogP contribution in [0.1, 0.15) is 31.0 Å². The van der Waals surface area contributed by atoms with Crippen LogP contribution in [0.5, 0.6) is 5.75 Å². The van der Waals surface area contributed by atoms with Crippen molar-refractivity contribution >= 4 is 11.6 Å². The lowest BCUT2D eigenvalue weighted by molar-refractivity contribution is -0.0642. The summed E-state index contributed by atoms with van der Waals surface area (Å²) < 4.78 is 7.23. The van der Waals surface area contributed by atoms with Crippen molar-refractivity contribution in [3.8, 4) is 11.8 Å². The molecule has 2 heterocycles. The third kappa shape index (κ3) is 2.50. The number of nitrogens with zero attached hydrogens (tertiary/aromatic N) is 2. The zero-order chi connectivity index (χ0) is 16.8. The first-order valence-electron chi connectivity index (χ1n) is 7.13. The number of hydrogen-bond donors (Lipinski definition) is 1. The number of halogens is 1. The standard InChI is InChI=1S/C17H15ClN2O3/c1-17(2)15(21)14(20-7-3-4-12(18)16(20)22)11-8-10(9-19)5-6-13(11)23-17/h3-8,14-15,21H,1-2H3. The van der Waals surface area contributed by atoms with Crippen LogP contribution in [0.3, 0.4) is 0 Å². The minimum absolute atomic E-state index is 0.0713. The lowest BCUT2D eigenvalue weighted by Gasteiger charge is -2.42. The molecule has 1 N–H and O–H groups in total. The Morgan fingerprint density at radius 3 is 2.83 bits per heavy atom. The lowest BCUT2D eigenvalue weighted by atomic mass is 9.85. The quantitative estimate of drug-likeness (QED) is 0.871. The predicted octanol–water partition coefficient (Wildman–Crippen LogP) is 2.49. The summed E-state index contributed by atoms with van der Waals surface area (Å²) in [5, 5.41) is 20.0. The first-order chi connectivity index (χ1) is 10.8. The number of hydrogen-bond acceptors (Lipinski definition) is 4. The van der Waals surface area contributed by atoms with E-state index < -0.39 is 23.3 Å². The molecule has 118 valence electrons. The summed E-state index contributed by atoms with van der Waals surface area (Å²) in [5.41, 5.74) is -0.281. The molecule has 1 aliphatic rings. The molecule has 2 aromatic rings. The van der Waals surface area contributed by atoms with Crippen molar-refractivity contribution in [3.63, 3.8) is 0 Å². The first-order valence-corrected chi connectivity index (χ1v) is 7.51. The van der Waals surface area contributed by atoms with E-state index in [1.54, 1.807) is 44.3 Å². The van der Waals surface area contributed by atoms with Gasteiger partial charge in [0.1, 0.15) is 22.5 Å². The molecular weight excluding hydrogens is 316 g/mol. The van der Waals surface area contributed by atoms with Crippen LogP contribution >= 0.6 is 11.6 Å². The molecule has 6 heteroatoms. The molecule has 0 saturated heterocycles. The zero-order valence-corrected chi connectivity index (χ0v) is 13.4. The summed E-state index contributed by atoms with van der Waals surface area (Å²) in [4.78, 5) is 12.4. The van der Waals surface area contributed by atoms with Crippen molar-refractivity contribution in [1.82, 2.24) is 4.57 Å². The van der Waals surface area contributed by atoms with Gasteiger partial charge in [0, 0.05) is 11.8 Å². The summed E-state index contributed by atoms with van der Waals surface area (Å²) in [6, 6.07) is 9.48. The number of ether oxygens (including phenoxy) is 1. The normalized spacial score (nSPS) is 21.9. The van der Waals surface area contributed by atoms with Crippen LogP contribution in [0.2, 0.25) is 5.02 Å². The van der Waals surface area contributed by atoms with E-state index in [1.165, 1.54) is 10.6 Å². The Balaban J connectivity index is 2.28. The number of pyridine rings is 1. The molecule has 1 aliphatic heterocycles. The van der Waals surface area contributed by atoms with Gasteiger partial charge in [0.25, 0.3) is 5.56 Å². The van der Waals surface area contributed by atoms with E-state index in [0.717, 1.165) is 0 Å². The number of rotatable bonds is 1. The lowest BCUT2D eigenvalue weighted by Crippen LogP contribution is -2.52. The van der Waals surface area contributed by atoms with Gasteiger partial charge in [-0.3, -0.25) is 4.79 Å². The van der Waals surface area contributed by atoms with Gasteiger partial charge >= 0.3 is 0 Å². The van der Waals surface area contributed by atoms with E-state index in [9.17, 15) is 9.90 Å². The Hall–Kier alpha value is -2.29. The molecule has 0 amide bonds. The molecule has 3 rings (SSSR count). The summed E-state index contributed by atoms with van der Waals surface area (Å²) >= 11 is 5.94. The second-order valence-corrected chi connectivity index (χ2v) is 6.44. The van der Waals surface area contributed by atoms with Crippen molar-refractivity contribution in [2.24, 2.45) is 0 Å². The summed E-state index contributed by atoms with van der Waals surface area (Å²) in [6.07, 6.45) is 0.590. The van der Waals surface area contributed by atoms with Crippen LogP contribution in [-0.2, 0) is 0 Å². The average molecular weight is 331 g/mol. The maximum absolute atomic E-state index is 12.4. The molecule has 5 nitrogen and oxygen atoms in total. The number of fused-ring (bicyclic) bond motifs is 1. The Labute approximate surface area is 138 Å². The molecule has 2 atom stereocenters. The number of benzene rings is 1. The predicted molar refractivity (Wildman–Crippen MR) is 85.7 cm³/mol. The van der Waals surface area contributed by atoms with E-state index in [0.29, 0.717) is 16.9 Å². The molecule has 2 unspecified atom stereocenters. The topological polar surface area (TPSA) is 75.2 Å². The highest BCUT2D eigenvalue weighted by Gasteiger charge is 2.44. The summed E-state index contributed by atoms with van der Waals surface area (Å²) in [6.45, 7) is 3.50. The number of nitriles is 1. The van der Waals surface area contributed by atoms with Crippen LogP contribution in [0, 0.1) is 11.3 Å². The molecule has 0 aliphatic carbocycles. The molecule has 1 aromatic carbocycles. The van der Waals surface area contributed by atoms with Crippen LogP contribution in [0.15, 0.2) is 41.3 Å². The number of aliphatic hydroxyl groups excluding tert-OH is 1. The first kappa shape index (κ1) is 15.6. The minimum atomic E-state index is -0.986. The van der Waals surface area contributed by atoms with Crippen molar-refractivity contribution in [1.29, 1.82) is 5.26 Å². The highest BCUT2D eigenvalue weighted by atomic mass is 35.5. The number of aromatic nitrogens is 1. The summed E-state index contributed by atoms with van der Waals surface area (Å²) in [7, 11) is 0. The molecule has 0 spiro atoms. The Bertz CT molecular complexity index is 867. The van der Waals surface area contributed by atoms with Gasteiger partial charge in [-0.1, -0.05) is 11.6 Å². The average Bonchev–Trinajstić information content (AvgIpc) is 2.51. The van der Waals surface area contributed by atoms with E-state index in [-0.39, 0.29) is 5.02 Å². The van der Waals surface area contributed by atoms with Crippen molar-refractivity contribution in [3.05, 3.63) is 63.0 Å². The van der Waals surface area contributed by atoms with Gasteiger partial charge in [-0.05, 0) is 44.2 Å². The fourth-order valence-electron chi connectivity index (χ4n) is 2.84. The maximum Gasteiger partial charge on any atom is 0.269 e. The van der Waals surface area contributed by atoms with E-state index in [2.05, 4.69) is 6.07 Å². The van der Waals surface area contributed by atoms with Gasteiger partial charge in [-0.25, -0.2) is 0 Å². The second kappa shape index (κ2) is 5.41. The Morgan fingerprint density at radius 1 is 1.39 bits per heavy atom. The van der Waals surface area contributed by atoms with E-state index in [4.69, 9.17) is 21.6 Å². The molecule has 0 fully saturated rings. The highest BCUT2D eigenvalue weighted by molar-refractivity contribution is 6.30. The van der Waals surface area contributed by atoms with Gasteiger partial charge in [-0.15, -0.1) is 0 Å². The Kier molecular flexibility index (Phi) is 3.67. The van der Waals surface area contributed by atoms with Crippen LogP contribution in [0.4, 0.5) is 0 Å². The third-order valence-electron chi connectivity index (χ3n) is 4.07. The van der Waals surface area contributed by atoms with Crippen molar-refractivity contribution in [2.75, 3.05) is 0 Å².